The van der Waals surface area contributed by atoms with Gasteiger partial charge < -0.3 is 14.8 Å². The van der Waals surface area contributed by atoms with Gasteiger partial charge in [0.1, 0.15) is 0 Å². The Kier molecular flexibility index (Phi) is 8.78. The second kappa shape index (κ2) is 12.2. The highest BCUT2D eigenvalue weighted by Gasteiger charge is 2.33. The van der Waals surface area contributed by atoms with Crippen molar-refractivity contribution in [2.75, 3.05) is 31.6 Å². The molecule has 192 valence electrons. The summed E-state index contributed by atoms with van der Waals surface area (Å²) in [7, 11) is 2.09. The van der Waals surface area contributed by atoms with Gasteiger partial charge in [0.05, 0.1) is 5.92 Å². The standard InChI is InChI=1S/C29H38N4O3/c1-21-15-18-32(2)20-26(21)29(35)33(17-6-4-3-5-7-28(34)31-36)25-12-10-22(11-13-25)24-9-8-23-14-16-30-27(23)19-24/h8-14,16,19,21,26,30,36H,3-7,15,17-18,20H2,1-2H3,(H,31,34). The summed E-state index contributed by atoms with van der Waals surface area (Å²) < 4.78 is 0. The van der Waals surface area contributed by atoms with Gasteiger partial charge in [0.25, 0.3) is 0 Å². The van der Waals surface area contributed by atoms with Crippen molar-refractivity contribution < 1.29 is 14.8 Å². The number of rotatable bonds is 10. The van der Waals surface area contributed by atoms with Crippen LogP contribution in [0.1, 0.15) is 45.4 Å². The number of likely N-dealkylation sites (tertiary alicyclic amines) is 1. The van der Waals surface area contributed by atoms with E-state index in [2.05, 4.69) is 72.4 Å². The van der Waals surface area contributed by atoms with Crippen molar-refractivity contribution in [3.05, 3.63) is 54.7 Å². The maximum atomic E-state index is 13.8. The van der Waals surface area contributed by atoms with E-state index in [1.807, 2.05) is 11.1 Å². The van der Waals surface area contributed by atoms with E-state index >= 15 is 0 Å². The molecule has 36 heavy (non-hydrogen) atoms. The highest BCUT2D eigenvalue weighted by atomic mass is 16.5. The topological polar surface area (TPSA) is 88.7 Å². The van der Waals surface area contributed by atoms with Crippen LogP contribution < -0.4 is 10.4 Å². The first-order chi connectivity index (χ1) is 17.5. The smallest absolute Gasteiger partial charge is 0.243 e. The molecule has 0 aliphatic carbocycles. The fourth-order valence-electron chi connectivity index (χ4n) is 5.15. The number of H-pyrrole nitrogens is 1. The average Bonchev–Trinajstić information content (AvgIpc) is 3.37. The average molecular weight is 491 g/mol. The van der Waals surface area contributed by atoms with Crippen LogP contribution in [0.15, 0.2) is 54.7 Å². The van der Waals surface area contributed by atoms with Crippen molar-refractivity contribution >= 4 is 28.4 Å². The summed E-state index contributed by atoms with van der Waals surface area (Å²) in [6, 6.07) is 16.8. The summed E-state index contributed by atoms with van der Waals surface area (Å²) in [5, 5.41) is 9.83. The number of nitrogens with zero attached hydrogens (tertiary/aromatic N) is 2. The SMILES string of the molecule is CC1CCN(C)CC1C(=O)N(CCCCCCC(=O)NO)c1ccc(-c2ccc3cc[nH]c3c2)cc1. The summed E-state index contributed by atoms with van der Waals surface area (Å²) in [5.41, 5.74) is 5.99. The van der Waals surface area contributed by atoms with Gasteiger partial charge in [-0.25, -0.2) is 5.48 Å². The minimum Gasteiger partial charge on any atom is -0.361 e. The van der Waals surface area contributed by atoms with Gasteiger partial charge in [-0.05, 0) is 79.6 Å². The first kappa shape index (κ1) is 25.9. The molecule has 4 rings (SSSR count). The van der Waals surface area contributed by atoms with Crippen LogP contribution in [0, 0.1) is 11.8 Å². The number of piperidine rings is 1. The molecule has 2 heterocycles. The van der Waals surface area contributed by atoms with E-state index in [0.29, 0.717) is 18.9 Å². The molecule has 0 bridgehead atoms. The third-order valence-electron chi connectivity index (χ3n) is 7.47. The van der Waals surface area contributed by atoms with Gasteiger partial charge in [-0.1, -0.05) is 44.0 Å². The molecule has 3 aromatic rings. The Morgan fingerprint density at radius 1 is 1.06 bits per heavy atom. The van der Waals surface area contributed by atoms with E-state index in [4.69, 9.17) is 5.21 Å². The Morgan fingerprint density at radius 3 is 2.58 bits per heavy atom. The van der Waals surface area contributed by atoms with E-state index < -0.39 is 0 Å². The molecule has 2 unspecified atom stereocenters. The van der Waals surface area contributed by atoms with Crippen LogP contribution >= 0.6 is 0 Å². The number of hydroxylamine groups is 1. The number of carbonyl (C=O) groups is 2. The Labute approximate surface area is 213 Å². The number of amides is 2. The molecule has 1 saturated heterocycles. The van der Waals surface area contributed by atoms with E-state index in [9.17, 15) is 9.59 Å². The fourth-order valence-corrected chi connectivity index (χ4v) is 5.15. The molecule has 7 heteroatoms. The third kappa shape index (κ3) is 6.33. The van der Waals surface area contributed by atoms with Crippen molar-refractivity contribution in [2.24, 2.45) is 11.8 Å². The maximum Gasteiger partial charge on any atom is 0.243 e. The molecule has 0 radical (unpaired) electrons. The van der Waals surface area contributed by atoms with Crippen molar-refractivity contribution in [3.8, 4) is 11.1 Å². The van der Waals surface area contributed by atoms with Crippen molar-refractivity contribution in [1.29, 1.82) is 0 Å². The number of unbranched alkanes of at least 4 members (excludes halogenated alkanes) is 3. The summed E-state index contributed by atoms with van der Waals surface area (Å²) in [6.45, 7) is 4.68. The summed E-state index contributed by atoms with van der Waals surface area (Å²) in [5.74, 6) is 0.207. The number of carbonyl (C=O) groups excluding carboxylic acids is 2. The molecule has 2 atom stereocenters. The number of aromatic amines is 1. The maximum absolute atomic E-state index is 13.8. The van der Waals surface area contributed by atoms with Crippen LogP contribution in [0.25, 0.3) is 22.0 Å². The van der Waals surface area contributed by atoms with Crippen LogP contribution in [0.2, 0.25) is 0 Å². The minimum atomic E-state index is -0.349. The molecule has 1 aliphatic heterocycles. The summed E-state index contributed by atoms with van der Waals surface area (Å²) >= 11 is 0. The van der Waals surface area contributed by atoms with Gasteiger partial charge in [-0.15, -0.1) is 0 Å². The second-order valence-corrected chi connectivity index (χ2v) is 10.2. The van der Waals surface area contributed by atoms with Gasteiger partial charge in [0.15, 0.2) is 0 Å². The van der Waals surface area contributed by atoms with E-state index in [0.717, 1.165) is 67.5 Å². The number of anilines is 1. The molecule has 3 N–H and O–H groups in total. The van der Waals surface area contributed by atoms with Gasteiger partial charge in [-0.2, -0.15) is 0 Å². The predicted octanol–water partition coefficient (Wildman–Crippen LogP) is 5.21. The molecule has 1 fully saturated rings. The lowest BCUT2D eigenvalue weighted by Gasteiger charge is -2.37. The first-order valence-electron chi connectivity index (χ1n) is 13.1. The lowest BCUT2D eigenvalue weighted by Crippen LogP contribution is -2.47. The highest BCUT2D eigenvalue weighted by Crippen LogP contribution is 2.30. The number of benzene rings is 2. The normalized spacial score (nSPS) is 18.3. The number of hydrogen-bond acceptors (Lipinski definition) is 4. The predicted molar refractivity (Wildman–Crippen MR) is 144 cm³/mol. The highest BCUT2D eigenvalue weighted by molar-refractivity contribution is 5.96. The van der Waals surface area contributed by atoms with E-state index in [1.165, 1.54) is 5.39 Å². The molecule has 0 spiro atoms. The molecular formula is C29H38N4O3. The lowest BCUT2D eigenvalue weighted by molar-refractivity contribution is -0.129. The van der Waals surface area contributed by atoms with Gasteiger partial charge in [0.2, 0.25) is 11.8 Å². The van der Waals surface area contributed by atoms with Crippen LogP contribution in [-0.4, -0.2) is 53.6 Å². The minimum absolute atomic E-state index is 0.00744. The van der Waals surface area contributed by atoms with Gasteiger partial charge in [-0.3, -0.25) is 14.8 Å². The third-order valence-corrected chi connectivity index (χ3v) is 7.47. The number of aromatic nitrogens is 1. The largest absolute Gasteiger partial charge is 0.361 e. The Bertz CT molecular complexity index is 1160. The molecule has 2 aromatic carbocycles. The lowest BCUT2D eigenvalue weighted by atomic mass is 9.86. The van der Waals surface area contributed by atoms with Crippen LogP contribution in [0.4, 0.5) is 5.69 Å². The number of fused-ring (bicyclic) bond motifs is 1. The van der Waals surface area contributed by atoms with Crippen molar-refractivity contribution in [1.82, 2.24) is 15.4 Å². The van der Waals surface area contributed by atoms with E-state index in [-0.39, 0.29) is 17.7 Å². The number of nitrogens with one attached hydrogen (secondary N) is 2. The van der Waals surface area contributed by atoms with Gasteiger partial charge in [0, 0.05) is 36.9 Å². The van der Waals surface area contributed by atoms with Gasteiger partial charge >= 0.3 is 0 Å². The summed E-state index contributed by atoms with van der Waals surface area (Å²) in [6.07, 6.45) is 6.72. The van der Waals surface area contributed by atoms with E-state index in [1.54, 1.807) is 5.48 Å². The van der Waals surface area contributed by atoms with Crippen molar-refractivity contribution in [2.45, 2.75) is 45.4 Å². The molecule has 0 saturated carbocycles. The second-order valence-electron chi connectivity index (χ2n) is 10.2. The molecule has 1 aliphatic rings. The molecule has 2 amide bonds. The monoisotopic (exact) mass is 490 g/mol. The van der Waals surface area contributed by atoms with Crippen LogP contribution in [0.3, 0.4) is 0 Å². The Hall–Kier alpha value is -3.16. The molecular weight excluding hydrogens is 452 g/mol. The molecule has 1 aromatic heterocycles. The zero-order chi connectivity index (χ0) is 25.5. The fraction of sp³-hybridized carbons (Fsp3) is 0.448. The van der Waals surface area contributed by atoms with Crippen LogP contribution in [0.5, 0.6) is 0 Å². The zero-order valence-corrected chi connectivity index (χ0v) is 21.4. The zero-order valence-electron chi connectivity index (χ0n) is 21.4. The first-order valence-corrected chi connectivity index (χ1v) is 13.1. The molecule has 7 nitrogen and oxygen atoms in total. The Morgan fingerprint density at radius 2 is 1.81 bits per heavy atom. The van der Waals surface area contributed by atoms with Crippen LogP contribution in [-0.2, 0) is 9.59 Å². The quantitative estimate of drug-likeness (QED) is 0.207. The Balaban J connectivity index is 1.47. The van der Waals surface area contributed by atoms with Crippen molar-refractivity contribution in [3.63, 3.8) is 0 Å². The number of hydrogen-bond donors (Lipinski definition) is 3. The summed E-state index contributed by atoms with van der Waals surface area (Å²) in [4.78, 5) is 32.5.